The Kier molecular flexibility index (Phi) is 13.0. The molecule has 0 bridgehead atoms. The minimum absolute atomic E-state index is 1.09. The average Bonchev–Trinajstić information content (AvgIpc) is 2.38. The minimum Gasteiger partial charge on any atom is -0.103 e. The maximum Gasteiger partial charge on any atom is -0.0386 e. The molecule has 1 aliphatic rings. The first kappa shape index (κ1) is 17.7. The van der Waals surface area contributed by atoms with Gasteiger partial charge in [0.15, 0.2) is 0 Å². The molecular formula is C18H36. The Morgan fingerprint density at radius 3 is 1.94 bits per heavy atom. The molecule has 1 rings (SSSR count). The van der Waals surface area contributed by atoms with E-state index < -0.39 is 0 Å². The number of rotatable bonds is 7. The van der Waals surface area contributed by atoms with Crippen molar-refractivity contribution in [1.29, 1.82) is 0 Å². The SMILES string of the molecule is C=CC.CCCCCCC1CCCCC1CCC. The van der Waals surface area contributed by atoms with Crippen LogP contribution in [0, 0.1) is 11.8 Å². The second kappa shape index (κ2) is 13.2. The molecule has 1 fully saturated rings. The predicted octanol–water partition coefficient (Wildman–Crippen LogP) is 6.76. The Morgan fingerprint density at radius 2 is 1.44 bits per heavy atom. The van der Waals surface area contributed by atoms with Gasteiger partial charge in [0.25, 0.3) is 0 Å². The summed E-state index contributed by atoms with van der Waals surface area (Å²) in [5, 5.41) is 0. The summed E-state index contributed by atoms with van der Waals surface area (Å²) >= 11 is 0. The highest BCUT2D eigenvalue weighted by atomic mass is 14.3. The molecule has 18 heavy (non-hydrogen) atoms. The van der Waals surface area contributed by atoms with E-state index in [4.69, 9.17) is 0 Å². The summed E-state index contributed by atoms with van der Waals surface area (Å²) < 4.78 is 0. The third-order valence-electron chi connectivity index (χ3n) is 4.15. The van der Waals surface area contributed by atoms with Crippen LogP contribution in [-0.4, -0.2) is 0 Å². The standard InChI is InChI=1S/C15H30.C3H6/c1-3-5-6-7-11-15-13-9-8-12-14(15)10-4-2;1-3-2/h14-15H,3-13H2,1-2H3;3H,1H2,2H3. The van der Waals surface area contributed by atoms with Crippen molar-refractivity contribution in [1.82, 2.24) is 0 Å². The molecule has 0 radical (unpaired) electrons. The van der Waals surface area contributed by atoms with Crippen LogP contribution in [0.2, 0.25) is 0 Å². The zero-order valence-corrected chi connectivity index (χ0v) is 13.2. The van der Waals surface area contributed by atoms with Crippen molar-refractivity contribution in [3.63, 3.8) is 0 Å². The predicted molar refractivity (Wildman–Crippen MR) is 85.0 cm³/mol. The lowest BCUT2D eigenvalue weighted by Crippen LogP contribution is -2.19. The van der Waals surface area contributed by atoms with Gasteiger partial charge < -0.3 is 0 Å². The second-order valence-electron chi connectivity index (χ2n) is 5.85. The Bertz CT molecular complexity index is 169. The molecule has 1 aliphatic carbocycles. The summed E-state index contributed by atoms with van der Waals surface area (Å²) in [6.07, 6.45) is 18.1. The molecule has 0 heterocycles. The summed E-state index contributed by atoms with van der Waals surface area (Å²) in [5.41, 5.74) is 0. The molecule has 0 nitrogen and oxygen atoms in total. The van der Waals surface area contributed by atoms with Gasteiger partial charge in [-0.1, -0.05) is 90.6 Å². The molecule has 0 aromatic carbocycles. The van der Waals surface area contributed by atoms with Gasteiger partial charge >= 0.3 is 0 Å². The molecule has 0 aromatic heterocycles. The lowest BCUT2D eigenvalue weighted by Gasteiger charge is -2.31. The molecule has 0 spiro atoms. The number of hydrogen-bond donors (Lipinski definition) is 0. The molecular weight excluding hydrogens is 216 g/mol. The quantitative estimate of drug-likeness (QED) is 0.347. The van der Waals surface area contributed by atoms with Gasteiger partial charge in [0, 0.05) is 0 Å². The van der Waals surface area contributed by atoms with E-state index in [0.717, 1.165) is 11.8 Å². The zero-order valence-electron chi connectivity index (χ0n) is 13.2. The Balaban J connectivity index is 0.000000873. The molecule has 0 aromatic rings. The smallest absolute Gasteiger partial charge is 0.0386 e. The first-order chi connectivity index (χ1) is 8.79. The molecule has 2 atom stereocenters. The van der Waals surface area contributed by atoms with Gasteiger partial charge in [0.05, 0.1) is 0 Å². The summed E-state index contributed by atoms with van der Waals surface area (Å²) in [7, 11) is 0. The topological polar surface area (TPSA) is 0 Å². The molecule has 1 saturated carbocycles. The number of hydrogen-bond acceptors (Lipinski definition) is 0. The van der Waals surface area contributed by atoms with E-state index in [9.17, 15) is 0 Å². The maximum absolute atomic E-state index is 3.36. The molecule has 0 saturated heterocycles. The van der Waals surface area contributed by atoms with Crippen LogP contribution in [0.25, 0.3) is 0 Å². The van der Waals surface area contributed by atoms with Crippen molar-refractivity contribution >= 4 is 0 Å². The van der Waals surface area contributed by atoms with Crippen molar-refractivity contribution < 1.29 is 0 Å². The lowest BCUT2D eigenvalue weighted by atomic mass is 9.75. The normalized spacial score (nSPS) is 23.1. The number of allylic oxidation sites excluding steroid dienone is 1. The van der Waals surface area contributed by atoms with Crippen molar-refractivity contribution in [2.45, 2.75) is 91.4 Å². The monoisotopic (exact) mass is 252 g/mol. The van der Waals surface area contributed by atoms with Gasteiger partial charge in [-0.05, 0) is 18.8 Å². The maximum atomic E-state index is 3.36. The van der Waals surface area contributed by atoms with E-state index in [0.29, 0.717) is 0 Å². The van der Waals surface area contributed by atoms with Gasteiger partial charge in [-0.3, -0.25) is 0 Å². The fourth-order valence-electron chi connectivity index (χ4n) is 3.25. The van der Waals surface area contributed by atoms with E-state index in [1.165, 1.54) is 70.6 Å². The van der Waals surface area contributed by atoms with Crippen LogP contribution in [0.1, 0.15) is 91.4 Å². The highest BCUT2D eigenvalue weighted by molar-refractivity contribution is 4.75. The third-order valence-corrected chi connectivity index (χ3v) is 4.15. The molecule has 2 unspecified atom stereocenters. The fraction of sp³-hybridized carbons (Fsp3) is 0.889. The highest BCUT2D eigenvalue weighted by Crippen LogP contribution is 2.36. The Labute approximate surface area is 116 Å². The Morgan fingerprint density at radius 1 is 0.889 bits per heavy atom. The van der Waals surface area contributed by atoms with E-state index in [1.54, 1.807) is 6.08 Å². The summed E-state index contributed by atoms with van der Waals surface area (Å²) in [6.45, 7) is 9.91. The number of unbranched alkanes of at least 4 members (excludes halogenated alkanes) is 3. The zero-order chi connectivity index (χ0) is 13.6. The van der Waals surface area contributed by atoms with E-state index in [1.807, 2.05) is 6.92 Å². The lowest BCUT2D eigenvalue weighted by molar-refractivity contribution is 0.205. The third kappa shape index (κ3) is 8.78. The van der Waals surface area contributed by atoms with E-state index in [-0.39, 0.29) is 0 Å². The van der Waals surface area contributed by atoms with Crippen LogP contribution in [-0.2, 0) is 0 Å². The van der Waals surface area contributed by atoms with Gasteiger partial charge in [-0.2, -0.15) is 0 Å². The van der Waals surface area contributed by atoms with Crippen LogP contribution >= 0.6 is 0 Å². The summed E-state index contributed by atoms with van der Waals surface area (Å²) in [4.78, 5) is 0. The van der Waals surface area contributed by atoms with Gasteiger partial charge in [0.2, 0.25) is 0 Å². The van der Waals surface area contributed by atoms with Crippen LogP contribution in [0.5, 0.6) is 0 Å². The molecule has 0 heteroatoms. The van der Waals surface area contributed by atoms with E-state index in [2.05, 4.69) is 20.4 Å². The molecule has 0 amide bonds. The van der Waals surface area contributed by atoms with Crippen LogP contribution in [0.3, 0.4) is 0 Å². The molecule has 0 N–H and O–H groups in total. The fourth-order valence-corrected chi connectivity index (χ4v) is 3.25. The van der Waals surface area contributed by atoms with Crippen molar-refractivity contribution in [3.8, 4) is 0 Å². The van der Waals surface area contributed by atoms with Gasteiger partial charge in [-0.25, -0.2) is 0 Å². The average molecular weight is 252 g/mol. The van der Waals surface area contributed by atoms with Crippen molar-refractivity contribution in [3.05, 3.63) is 12.7 Å². The van der Waals surface area contributed by atoms with Gasteiger partial charge in [-0.15, -0.1) is 6.58 Å². The summed E-state index contributed by atoms with van der Waals surface area (Å²) in [5.74, 6) is 2.18. The summed E-state index contributed by atoms with van der Waals surface area (Å²) in [6, 6.07) is 0. The molecule has 0 aliphatic heterocycles. The van der Waals surface area contributed by atoms with Crippen LogP contribution in [0.4, 0.5) is 0 Å². The minimum atomic E-state index is 1.09. The Hall–Kier alpha value is -0.260. The van der Waals surface area contributed by atoms with Crippen molar-refractivity contribution in [2.24, 2.45) is 11.8 Å². The van der Waals surface area contributed by atoms with Crippen LogP contribution < -0.4 is 0 Å². The van der Waals surface area contributed by atoms with Crippen LogP contribution in [0.15, 0.2) is 12.7 Å². The largest absolute Gasteiger partial charge is 0.103 e. The molecule has 108 valence electrons. The second-order valence-corrected chi connectivity index (χ2v) is 5.85. The van der Waals surface area contributed by atoms with Gasteiger partial charge in [0.1, 0.15) is 0 Å². The van der Waals surface area contributed by atoms with Crippen molar-refractivity contribution in [2.75, 3.05) is 0 Å². The first-order valence-electron chi connectivity index (χ1n) is 8.37. The highest BCUT2D eigenvalue weighted by Gasteiger charge is 2.23. The first-order valence-corrected chi connectivity index (χ1v) is 8.37. The van der Waals surface area contributed by atoms with E-state index >= 15 is 0 Å².